The van der Waals surface area contributed by atoms with E-state index >= 15 is 8.78 Å². The number of benzene rings is 2. The van der Waals surface area contributed by atoms with Crippen LogP contribution in [0.5, 0.6) is 0 Å². The van der Waals surface area contributed by atoms with Gasteiger partial charge in [0.25, 0.3) is 0 Å². The van der Waals surface area contributed by atoms with Crippen LogP contribution in [0.4, 0.5) is 19.3 Å². The number of nitrogens with one attached hydrogen (secondary N) is 1. The Hall–Kier alpha value is -3.99. The van der Waals surface area contributed by atoms with Crippen molar-refractivity contribution in [2.24, 2.45) is 0 Å². The highest BCUT2D eigenvalue weighted by atomic mass is 19.1. The summed E-state index contributed by atoms with van der Waals surface area (Å²) < 4.78 is 32.3. The van der Waals surface area contributed by atoms with Crippen molar-refractivity contribution < 1.29 is 23.1 Å². The van der Waals surface area contributed by atoms with Crippen LogP contribution in [0.25, 0.3) is 0 Å². The Morgan fingerprint density at radius 2 is 1.77 bits per heavy atom. The molecule has 0 radical (unpaired) electrons. The van der Waals surface area contributed by atoms with Gasteiger partial charge in [0.05, 0.1) is 23.7 Å². The van der Waals surface area contributed by atoms with E-state index < -0.39 is 34.8 Å². The fraction of sp³-hybridized carbons (Fsp3) is 0.296. The third kappa shape index (κ3) is 3.68. The van der Waals surface area contributed by atoms with Gasteiger partial charge in [0.15, 0.2) is 18.2 Å². The summed E-state index contributed by atoms with van der Waals surface area (Å²) in [5, 5.41) is 3.20. The van der Waals surface area contributed by atoms with Crippen molar-refractivity contribution in [1.82, 2.24) is 10.00 Å². The third-order valence-electron chi connectivity index (χ3n) is 7.00. The van der Waals surface area contributed by atoms with Crippen molar-refractivity contribution in [3.63, 3.8) is 0 Å². The molecule has 1 N–H and O–H groups in total. The maximum atomic E-state index is 15.1. The minimum absolute atomic E-state index is 0.0573. The second-order valence-electron chi connectivity index (χ2n) is 8.92. The van der Waals surface area contributed by atoms with Crippen molar-refractivity contribution in [2.45, 2.75) is 44.7 Å². The molecule has 0 unspecified atom stereocenters. The summed E-state index contributed by atoms with van der Waals surface area (Å²) in [6, 6.07) is 10.4. The van der Waals surface area contributed by atoms with Gasteiger partial charge in [-0.15, -0.1) is 4.68 Å². The Bertz CT molecular complexity index is 1370. The zero-order valence-electron chi connectivity index (χ0n) is 19.6. The van der Waals surface area contributed by atoms with Crippen LogP contribution in [0.2, 0.25) is 0 Å². The van der Waals surface area contributed by atoms with Crippen LogP contribution in [0.15, 0.2) is 48.7 Å². The summed E-state index contributed by atoms with van der Waals surface area (Å²) >= 11 is 0. The summed E-state index contributed by atoms with van der Waals surface area (Å²) in [6.07, 6.45) is 4.02. The third-order valence-corrected chi connectivity index (χ3v) is 7.00. The van der Waals surface area contributed by atoms with Gasteiger partial charge in [0.2, 0.25) is 11.6 Å². The fourth-order valence-electron chi connectivity index (χ4n) is 5.24. The molecule has 1 saturated heterocycles. The van der Waals surface area contributed by atoms with E-state index in [1.165, 1.54) is 4.90 Å². The number of fused-ring (bicyclic) bond motifs is 2. The molecular formula is C27H25F2N4O2+. The normalized spacial score (nSPS) is 19.5. The molecule has 0 bridgehead atoms. The second kappa shape index (κ2) is 8.66. The number of carbonyl (C=O) groups is 2. The molecular weight excluding hydrogens is 450 g/mol. The largest absolute Gasteiger partial charge is 0.332 e. The molecule has 1 spiro atoms. The number of H-pyrrole nitrogens is 1. The maximum Gasteiger partial charge on any atom is 0.332 e. The van der Waals surface area contributed by atoms with E-state index in [9.17, 15) is 9.59 Å². The van der Waals surface area contributed by atoms with Gasteiger partial charge in [0.1, 0.15) is 5.69 Å². The van der Waals surface area contributed by atoms with Crippen molar-refractivity contribution in [2.75, 3.05) is 11.9 Å². The van der Waals surface area contributed by atoms with E-state index in [1.807, 2.05) is 36.0 Å². The molecule has 1 fully saturated rings. The molecule has 8 heteroatoms. The number of aryl methyl sites for hydroxylation is 1. The molecule has 1 atom stereocenters. The highest BCUT2D eigenvalue weighted by Gasteiger charge is 2.54. The number of aromatic amines is 1. The van der Waals surface area contributed by atoms with E-state index in [0.717, 1.165) is 42.8 Å². The zero-order valence-corrected chi connectivity index (χ0v) is 19.6. The number of rotatable bonds is 2. The number of amides is 3. The first-order chi connectivity index (χ1) is 16.9. The molecule has 178 valence electrons. The molecule has 35 heavy (non-hydrogen) atoms. The number of hydrogen-bond donors (Lipinski definition) is 1. The second-order valence-corrected chi connectivity index (χ2v) is 8.92. The molecule has 1 aromatic heterocycles. The number of hydrogen-bond acceptors (Lipinski definition) is 2. The number of carbonyl (C=O) groups excluding carboxylic acids is 2. The van der Waals surface area contributed by atoms with Gasteiger partial charge in [-0.05, 0) is 44.0 Å². The van der Waals surface area contributed by atoms with Gasteiger partial charge in [-0.1, -0.05) is 30.0 Å². The highest BCUT2D eigenvalue weighted by molar-refractivity contribution is 6.16. The Kier molecular flexibility index (Phi) is 5.64. The van der Waals surface area contributed by atoms with Crippen LogP contribution in [-0.2, 0) is 23.3 Å². The van der Waals surface area contributed by atoms with E-state index in [4.69, 9.17) is 0 Å². The number of imide groups is 1. The molecule has 0 saturated carbocycles. The smallest absolute Gasteiger partial charge is 0.316 e. The number of urea groups is 1. The maximum absolute atomic E-state index is 15.1. The number of nitrogens with zero attached hydrogens (tertiary/aromatic N) is 3. The quantitative estimate of drug-likeness (QED) is 0.450. The Morgan fingerprint density at radius 3 is 2.46 bits per heavy atom. The standard InChI is InChI=1S/C27H24F2N4O2/c1-3-32-23-10-7-13-27(20(23)17-30-32)16-24(34)33(26(35)31(27)2)25-21(28)14-19(15-22(25)29)12-11-18-8-5-4-6-9-18/h4-6,8-9,14-15,17H,3,7,10,13,16H2,1-2H3/p+1/t27-/m0/s1. The average Bonchev–Trinajstić information content (AvgIpc) is 3.28. The SMILES string of the molecule is CC[n+]1[nH]cc2c1CCC[C@]21CC(=O)N(c2c(F)cc(C#Cc3ccccc3)cc2F)C(=O)N1C. The van der Waals surface area contributed by atoms with Crippen LogP contribution in [0, 0.1) is 23.5 Å². The van der Waals surface area contributed by atoms with E-state index in [-0.39, 0.29) is 12.0 Å². The van der Waals surface area contributed by atoms with Crippen molar-refractivity contribution in [3.05, 3.63) is 82.7 Å². The topological polar surface area (TPSA) is 60.3 Å². The van der Waals surface area contributed by atoms with Gasteiger partial charge in [-0.3, -0.25) is 4.79 Å². The summed E-state index contributed by atoms with van der Waals surface area (Å²) in [6.45, 7) is 2.75. The number of halogens is 2. The van der Waals surface area contributed by atoms with Crippen molar-refractivity contribution in [3.8, 4) is 11.8 Å². The lowest BCUT2D eigenvalue weighted by Crippen LogP contribution is -2.62. The summed E-state index contributed by atoms with van der Waals surface area (Å²) in [5.74, 6) is 2.93. The van der Waals surface area contributed by atoms with Crippen molar-refractivity contribution >= 4 is 17.6 Å². The molecule has 2 aliphatic rings. The lowest BCUT2D eigenvalue weighted by Gasteiger charge is -2.48. The monoisotopic (exact) mass is 475 g/mol. The van der Waals surface area contributed by atoms with Gasteiger partial charge >= 0.3 is 6.03 Å². The average molecular weight is 476 g/mol. The van der Waals surface area contributed by atoms with Crippen LogP contribution in [-0.4, -0.2) is 29.0 Å². The first kappa shape index (κ1) is 22.8. The number of anilines is 1. The summed E-state index contributed by atoms with van der Waals surface area (Å²) in [4.78, 5) is 28.8. The Balaban J connectivity index is 1.49. The van der Waals surface area contributed by atoms with Gasteiger partial charge in [0, 0.05) is 24.6 Å². The minimum atomic E-state index is -1.01. The van der Waals surface area contributed by atoms with E-state index in [2.05, 4.69) is 16.9 Å². The van der Waals surface area contributed by atoms with E-state index in [0.29, 0.717) is 16.9 Å². The molecule has 2 aromatic carbocycles. The zero-order chi connectivity index (χ0) is 24.7. The van der Waals surface area contributed by atoms with Gasteiger partial charge in [-0.25, -0.2) is 18.5 Å². The summed E-state index contributed by atoms with van der Waals surface area (Å²) in [5.41, 5.74) is 1.25. The molecule has 3 amide bonds. The predicted octanol–water partition coefficient (Wildman–Crippen LogP) is 4.02. The van der Waals surface area contributed by atoms with Crippen LogP contribution in [0.3, 0.4) is 0 Å². The molecule has 2 heterocycles. The minimum Gasteiger partial charge on any atom is -0.316 e. The van der Waals surface area contributed by atoms with Gasteiger partial charge in [-0.2, -0.15) is 5.10 Å². The fourth-order valence-corrected chi connectivity index (χ4v) is 5.24. The predicted molar refractivity (Wildman–Crippen MR) is 125 cm³/mol. The van der Waals surface area contributed by atoms with Crippen LogP contribution in [0.1, 0.15) is 48.6 Å². The molecule has 1 aliphatic carbocycles. The lowest BCUT2D eigenvalue weighted by atomic mass is 9.75. The Labute approximate surface area is 202 Å². The first-order valence-electron chi connectivity index (χ1n) is 11.6. The van der Waals surface area contributed by atoms with E-state index in [1.54, 1.807) is 19.2 Å². The number of aromatic nitrogens is 2. The molecule has 1 aliphatic heterocycles. The molecule has 3 aromatic rings. The molecule has 6 nitrogen and oxygen atoms in total. The summed E-state index contributed by atoms with van der Waals surface area (Å²) in [7, 11) is 1.59. The highest BCUT2D eigenvalue weighted by Crippen LogP contribution is 2.45. The van der Waals surface area contributed by atoms with Crippen molar-refractivity contribution in [1.29, 1.82) is 0 Å². The van der Waals surface area contributed by atoms with Crippen LogP contribution < -0.4 is 9.58 Å². The molecule has 5 rings (SSSR count). The van der Waals surface area contributed by atoms with Gasteiger partial charge < -0.3 is 4.90 Å². The Morgan fingerprint density at radius 1 is 1.09 bits per heavy atom. The first-order valence-corrected chi connectivity index (χ1v) is 11.6. The lowest BCUT2D eigenvalue weighted by molar-refractivity contribution is -0.754. The van der Waals surface area contributed by atoms with Crippen LogP contribution >= 0.6 is 0 Å².